The zero-order valence-corrected chi connectivity index (χ0v) is 14.3. The van der Waals surface area contributed by atoms with Crippen molar-refractivity contribution < 1.29 is 26.3 Å². The van der Waals surface area contributed by atoms with Crippen LogP contribution in [0.4, 0.5) is 13.2 Å². The fraction of sp³-hybridized carbons (Fsp3) is 0.429. The number of halogens is 3. The fourth-order valence-corrected chi connectivity index (χ4v) is 3.55. The Morgan fingerprint density at radius 2 is 1.80 bits per heavy atom. The molecule has 25 heavy (non-hydrogen) atoms. The molecule has 2 aromatic rings. The van der Waals surface area contributed by atoms with Crippen molar-refractivity contribution in [1.29, 1.82) is 0 Å². The van der Waals surface area contributed by atoms with Crippen LogP contribution < -0.4 is 9.46 Å². The number of ether oxygens (including phenoxy) is 1. The molecule has 11 heteroatoms. The lowest BCUT2D eigenvalue weighted by Gasteiger charge is -2.22. The molecule has 138 valence electrons. The molecule has 1 atom stereocenters. The summed E-state index contributed by atoms with van der Waals surface area (Å²) in [7, 11) is -4.25. The number of hydrogen-bond donors (Lipinski definition) is 1. The Morgan fingerprint density at radius 1 is 1.20 bits per heavy atom. The maximum atomic E-state index is 12.6. The van der Waals surface area contributed by atoms with Crippen molar-refractivity contribution >= 4 is 10.0 Å². The number of benzene rings is 1. The summed E-state index contributed by atoms with van der Waals surface area (Å²) in [5.74, 6) is -0.946. The van der Waals surface area contributed by atoms with E-state index in [2.05, 4.69) is 19.7 Å². The Morgan fingerprint density at radius 3 is 2.36 bits per heavy atom. The summed E-state index contributed by atoms with van der Waals surface area (Å²) in [6.07, 6.45) is -2.11. The molecule has 0 saturated heterocycles. The third-order valence-electron chi connectivity index (χ3n) is 3.30. The molecule has 2 rings (SSSR count). The van der Waals surface area contributed by atoms with Crippen molar-refractivity contribution in [1.82, 2.24) is 19.7 Å². The van der Waals surface area contributed by atoms with Crippen LogP contribution in [0.1, 0.15) is 13.8 Å². The van der Waals surface area contributed by atoms with Crippen molar-refractivity contribution in [3.05, 3.63) is 36.7 Å². The van der Waals surface area contributed by atoms with E-state index in [4.69, 9.17) is 0 Å². The van der Waals surface area contributed by atoms with Crippen LogP contribution in [-0.4, -0.2) is 35.8 Å². The van der Waals surface area contributed by atoms with Gasteiger partial charge in [-0.15, -0.1) is 13.2 Å². The van der Waals surface area contributed by atoms with Crippen LogP contribution in [0.3, 0.4) is 0 Å². The molecule has 0 bridgehead atoms. The van der Waals surface area contributed by atoms with Gasteiger partial charge in [-0.2, -0.15) is 15.0 Å². The number of nitrogens with zero attached hydrogens (tertiary/aromatic N) is 3. The molecule has 1 aromatic heterocycles. The number of alkyl halides is 3. The monoisotopic (exact) mass is 378 g/mol. The number of rotatable bonds is 7. The van der Waals surface area contributed by atoms with Crippen molar-refractivity contribution in [2.45, 2.75) is 37.7 Å². The van der Waals surface area contributed by atoms with Crippen LogP contribution in [0.5, 0.6) is 5.75 Å². The van der Waals surface area contributed by atoms with E-state index in [1.165, 1.54) is 29.3 Å². The molecular formula is C14H17F3N4O3S. The van der Waals surface area contributed by atoms with Crippen molar-refractivity contribution in [3.63, 3.8) is 0 Å². The predicted molar refractivity (Wildman–Crippen MR) is 82.1 cm³/mol. The second kappa shape index (κ2) is 7.40. The van der Waals surface area contributed by atoms with Gasteiger partial charge in [0, 0.05) is 6.04 Å². The highest BCUT2D eigenvalue weighted by Crippen LogP contribution is 2.29. The van der Waals surface area contributed by atoms with Crippen LogP contribution >= 0.6 is 0 Å². The molecular weight excluding hydrogens is 361 g/mol. The minimum absolute atomic E-state index is 0.131. The average molecular weight is 378 g/mol. The molecule has 0 saturated carbocycles. The first-order chi connectivity index (χ1) is 11.6. The summed E-state index contributed by atoms with van der Waals surface area (Å²) in [6, 6.07) is 3.94. The molecule has 0 amide bonds. The van der Waals surface area contributed by atoms with Crippen molar-refractivity contribution in [2.24, 2.45) is 5.92 Å². The number of aromatic nitrogens is 3. The van der Waals surface area contributed by atoms with Gasteiger partial charge in [-0.3, -0.25) is 0 Å². The first-order valence-electron chi connectivity index (χ1n) is 7.30. The summed E-state index contributed by atoms with van der Waals surface area (Å²) in [5, 5.41) is 7.81. The van der Waals surface area contributed by atoms with Crippen LogP contribution in [-0.2, 0) is 16.6 Å². The third kappa shape index (κ3) is 5.43. The second-order valence-electron chi connectivity index (χ2n) is 5.55. The minimum atomic E-state index is -5.00. The van der Waals surface area contributed by atoms with E-state index in [9.17, 15) is 21.6 Å². The van der Waals surface area contributed by atoms with Gasteiger partial charge in [0.25, 0.3) is 0 Å². The number of hydrogen-bond acceptors (Lipinski definition) is 5. The van der Waals surface area contributed by atoms with Crippen molar-refractivity contribution in [2.75, 3.05) is 0 Å². The first kappa shape index (κ1) is 19.2. The summed E-state index contributed by atoms with van der Waals surface area (Å²) in [4.78, 5) is 0.706. The highest BCUT2D eigenvalue weighted by Gasteiger charge is 2.34. The van der Waals surface area contributed by atoms with Gasteiger partial charge in [-0.1, -0.05) is 26.0 Å². The number of nitrogens with one attached hydrogen (secondary N) is 1. The van der Waals surface area contributed by atoms with Crippen LogP contribution in [0.15, 0.2) is 41.6 Å². The molecule has 0 aliphatic carbocycles. The van der Waals surface area contributed by atoms with E-state index in [0.29, 0.717) is 0 Å². The zero-order chi connectivity index (χ0) is 18.7. The molecule has 1 heterocycles. The Bertz CT molecular complexity index is 792. The van der Waals surface area contributed by atoms with E-state index in [1.807, 2.05) is 0 Å². The second-order valence-corrected chi connectivity index (χ2v) is 7.23. The Balaban J connectivity index is 2.28. The average Bonchev–Trinajstić information content (AvgIpc) is 2.98. The number of para-hydroxylation sites is 1. The van der Waals surface area contributed by atoms with Crippen LogP contribution in [0.2, 0.25) is 0 Å². The molecule has 0 fully saturated rings. The minimum Gasteiger partial charge on any atom is -0.404 e. The predicted octanol–water partition coefficient (Wildman–Crippen LogP) is 2.18. The topological polar surface area (TPSA) is 86.1 Å². The fourth-order valence-electron chi connectivity index (χ4n) is 2.04. The van der Waals surface area contributed by atoms with Gasteiger partial charge in [0.2, 0.25) is 10.0 Å². The smallest absolute Gasteiger partial charge is 0.404 e. The van der Waals surface area contributed by atoms with E-state index in [1.54, 1.807) is 13.8 Å². The standard InChI is InChI=1S/C14H17F3N4O3S/c1-10(2)11(9-21-18-7-8-19-21)20-25(22,23)13-6-4-3-5-12(13)24-14(15,16)17/h3-8,10-11,20H,9H2,1-2H3/t11-/m0/s1. The molecule has 0 radical (unpaired) electrons. The SMILES string of the molecule is CC(C)[C@H](Cn1nccn1)NS(=O)(=O)c1ccccc1OC(F)(F)F. The highest BCUT2D eigenvalue weighted by atomic mass is 32.2. The summed E-state index contributed by atoms with van der Waals surface area (Å²) in [6.45, 7) is 3.68. The van der Waals surface area contributed by atoms with Gasteiger partial charge in [-0.05, 0) is 18.1 Å². The molecule has 1 aromatic carbocycles. The largest absolute Gasteiger partial charge is 0.573 e. The van der Waals surface area contributed by atoms with Crippen molar-refractivity contribution in [3.8, 4) is 5.75 Å². The van der Waals surface area contributed by atoms with E-state index < -0.39 is 33.1 Å². The maximum absolute atomic E-state index is 12.6. The van der Waals surface area contributed by atoms with Gasteiger partial charge in [0.05, 0.1) is 18.9 Å². The zero-order valence-electron chi connectivity index (χ0n) is 13.4. The van der Waals surface area contributed by atoms with E-state index in [-0.39, 0.29) is 12.5 Å². The maximum Gasteiger partial charge on any atom is 0.573 e. The molecule has 0 unspecified atom stereocenters. The normalized spacial score (nSPS) is 13.8. The molecule has 0 aliphatic heterocycles. The molecule has 7 nitrogen and oxygen atoms in total. The summed E-state index contributed by atoms with van der Waals surface area (Å²) in [5.41, 5.74) is 0. The summed E-state index contributed by atoms with van der Waals surface area (Å²) < 4.78 is 68.8. The Kier molecular flexibility index (Phi) is 5.68. The van der Waals surface area contributed by atoms with Gasteiger partial charge in [0.1, 0.15) is 10.6 Å². The van der Waals surface area contributed by atoms with E-state index >= 15 is 0 Å². The summed E-state index contributed by atoms with van der Waals surface area (Å²) >= 11 is 0. The lowest BCUT2D eigenvalue weighted by molar-refractivity contribution is -0.275. The van der Waals surface area contributed by atoms with Gasteiger partial charge >= 0.3 is 6.36 Å². The molecule has 0 spiro atoms. The number of sulfonamides is 1. The lowest BCUT2D eigenvalue weighted by Crippen LogP contribution is -2.42. The first-order valence-corrected chi connectivity index (χ1v) is 8.78. The highest BCUT2D eigenvalue weighted by molar-refractivity contribution is 7.89. The lowest BCUT2D eigenvalue weighted by atomic mass is 10.1. The van der Waals surface area contributed by atoms with Gasteiger partial charge in [-0.25, -0.2) is 13.1 Å². The molecule has 1 N–H and O–H groups in total. The third-order valence-corrected chi connectivity index (χ3v) is 4.83. The van der Waals surface area contributed by atoms with Crippen LogP contribution in [0, 0.1) is 5.92 Å². The van der Waals surface area contributed by atoms with Crippen LogP contribution in [0.25, 0.3) is 0 Å². The Labute approximate surface area is 142 Å². The van der Waals surface area contributed by atoms with E-state index in [0.717, 1.165) is 12.1 Å². The quantitative estimate of drug-likeness (QED) is 0.798. The van der Waals surface area contributed by atoms with Gasteiger partial charge in [0.15, 0.2) is 0 Å². The molecule has 0 aliphatic rings. The Hall–Kier alpha value is -2.14. The van der Waals surface area contributed by atoms with Gasteiger partial charge < -0.3 is 4.74 Å².